The molecule has 1 rings (SSSR count). The third-order valence-electron chi connectivity index (χ3n) is 4.24. The summed E-state index contributed by atoms with van der Waals surface area (Å²) in [6, 6.07) is 9.71. The summed E-state index contributed by atoms with van der Waals surface area (Å²) in [4.78, 5) is 0. The molecule has 0 bridgehead atoms. The maximum Gasteiger partial charge on any atom is 0.392 e. The average molecular weight is 326 g/mol. The monoisotopic (exact) mass is 326 g/mol. The van der Waals surface area contributed by atoms with E-state index in [-0.39, 0.29) is 12.8 Å². The van der Waals surface area contributed by atoms with Crippen molar-refractivity contribution in [3.8, 4) is 0 Å². The van der Waals surface area contributed by atoms with Gasteiger partial charge in [0, 0.05) is 0 Å². The number of benzene rings is 1. The molecule has 0 aromatic heterocycles. The summed E-state index contributed by atoms with van der Waals surface area (Å²) in [6.45, 7) is 6.00. The molecule has 1 atom stereocenters. The predicted molar refractivity (Wildman–Crippen MR) is 91.4 cm³/mol. The number of allylic oxidation sites excluding steroid dienone is 1. The summed E-state index contributed by atoms with van der Waals surface area (Å²) in [6.07, 6.45) is 2.48. The quantitative estimate of drug-likeness (QED) is 0.300. The summed E-state index contributed by atoms with van der Waals surface area (Å²) in [7, 11) is 0. The van der Waals surface area contributed by atoms with E-state index in [9.17, 15) is 13.2 Å². The van der Waals surface area contributed by atoms with Gasteiger partial charge in [-0.3, -0.25) is 0 Å². The van der Waals surface area contributed by atoms with Crippen molar-refractivity contribution in [3.63, 3.8) is 0 Å². The van der Waals surface area contributed by atoms with Gasteiger partial charge in [0.05, 0.1) is 5.92 Å². The number of unbranched alkanes of at least 4 members (excludes halogenated alkanes) is 3. The highest BCUT2D eigenvalue weighted by molar-refractivity contribution is 5.14. The first-order valence-corrected chi connectivity index (χ1v) is 8.70. The van der Waals surface area contributed by atoms with Crippen LogP contribution in [0.1, 0.15) is 63.9 Å². The third-order valence-corrected chi connectivity index (χ3v) is 4.24. The molecule has 0 aliphatic rings. The molecule has 0 heterocycles. The lowest BCUT2D eigenvalue weighted by Crippen LogP contribution is -2.23. The van der Waals surface area contributed by atoms with Gasteiger partial charge in [-0.15, -0.1) is 0 Å². The molecule has 0 fully saturated rings. The molecule has 0 aliphatic heterocycles. The molecule has 1 unspecified atom stereocenters. The van der Waals surface area contributed by atoms with Gasteiger partial charge in [-0.2, -0.15) is 13.2 Å². The van der Waals surface area contributed by atoms with E-state index in [1.54, 1.807) is 0 Å². The van der Waals surface area contributed by atoms with Crippen molar-refractivity contribution in [2.24, 2.45) is 5.92 Å². The Hall–Kier alpha value is -1.25. The van der Waals surface area contributed by atoms with Crippen LogP contribution in [0.5, 0.6) is 0 Å². The van der Waals surface area contributed by atoms with Crippen LogP contribution in [-0.2, 0) is 6.42 Å². The van der Waals surface area contributed by atoms with Crippen LogP contribution in [0.2, 0.25) is 0 Å². The van der Waals surface area contributed by atoms with Crippen molar-refractivity contribution >= 4 is 0 Å². The highest BCUT2D eigenvalue weighted by Crippen LogP contribution is 2.35. The van der Waals surface area contributed by atoms with Crippen LogP contribution in [0, 0.1) is 5.92 Å². The zero-order valence-electron chi connectivity index (χ0n) is 14.2. The second-order valence-electron chi connectivity index (χ2n) is 6.38. The maximum absolute atomic E-state index is 13.2. The Morgan fingerprint density at radius 1 is 1.04 bits per heavy atom. The molecule has 0 amide bonds. The van der Waals surface area contributed by atoms with E-state index < -0.39 is 12.1 Å². The lowest BCUT2D eigenvalue weighted by atomic mass is 9.91. The van der Waals surface area contributed by atoms with Crippen LogP contribution in [0.25, 0.3) is 0 Å². The summed E-state index contributed by atoms with van der Waals surface area (Å²) < 4.78 is 39.6. The number of alkyl halides is 3. The normalized spacial score (nSPS) is 13.0. The molecule has 0 saturated carbocycles. The van der Waals surface area contributed by atoms with Gasteiger partial charge in [0.25, 0.3) is 0 Å². The largest absolute Gasteiger partial charge is 0.392 e. The molecule has 0 saturated heterocycles. The average Bonchev–Trinajstić information content (AvgIpc) is 2.51. The topological polar surface area (TPSA) is 0 Å². The number of hydrogen-bond acceptors (Lipinski definition) is 0. The predicted octanol–water partition coefficient (Wildman–Crippen LogP) is 7.10. The maximum atomic E-state index is 13.2. The summed E-state index contributed by atoms with van der Waals surface area (Å²) in [5.74, 6) is -1.25. The highest BCUT2D eigenvalue weighted by Gasteiger charge is 2.38. The minimum absolute atomic E-state index is 0.0877. The molecule has 1 aromatic rings. The number of hydrogen-bond donors (Lipinski definition) is 0. The van der Waals surface area contributed by atoms with Gasteiger partial charge < -0.3 is 0 Å². The van der Waals surface area contributed by atoms with Crippen molar-refractivity contribution in [1.29, 1.82) is 0 Å². The second-order valence-corrected chi connectivity index (χ2v) is 6.38. The first kappa shape index (κ1) is 19.8. The van der Waals surface area contributed by atoms with E-state index in [2.05, 4.69) is 13.5 Å². The Morgan fingerprint density at radius 3 is 2.35 bits per heavy atom. The zero-order valence-corrected chi connectivity index (χ0v) is 14.2. The summed E-state index contributed by atoms with van der Waals surface area (Å²) in [5, 5.41) is 0. The van der Waals surface area contributed by atoms with Crippen LogP contribution in [0.3, 0.4) is 0 Å². The molecule has 23 heavy (non-hydrogen) atoms. The van der Waals surface area contributed by atoms with Crippen molar-refractivity contribution < 1.29 is 13.2 Å². The molecule has 0 spiro atoms. The standard InChI is InChI=1S/C20H29F3/c1-3-4-5-7-11-17(2)16-19(20(21,22)23)15-10-14-18-12-8-6-9-13-18/h6,8-9,12-13,19H,2-5,7,10-11,14-16H2,1H3. The number of halogens is 3. The van der Waals surface area contributed by atoms with E-state index >= 15 is 0 Å². The smallest absolute Gasteiger partial charge is 0.171 e. The van der Waals surface area contributed by atoms with Gasteiger partial charge in [-0.05, 0) is 44.1 Å². The molecular weight excluding hydrogens is 297 g/mol. The second kappa shape index (κ2) is 10.5. The fourth-order valence-corrected chi connectivity index (χ4v) is 2.83. The molecule has 0 radical (unpaired) electrons. The Labute approximate surface area is 138 Å². The SMILES string of the molecule is C=C(CCCCCC)CC(CCCc1ccccc1)C(F)(F)F. The number of aryl methyl sites for hydroxylation is 1. The van der Waals surface area contributed by atoms with Gasteiger partial charge >= 0.3 is 6.18 Å². The van der Waals surface area contributed by atoms with Gasteiger partial charge in [0.15, 0.2) is 0 Å². The molecule has 0 N–H and O–H groups in total. The van der Waals surface area contributed by atoms with Crippen LogP contribution >= 0.6 is 0 Å². The van der Waals surface area contributed by atoms with Crippen LogP contribution in [0.15, 0.2) is 42.5 Å². The molecule has 3 heteroatoms. The van der Waals surface area contributed by atoms with Crippen molar-refractivity contribution in [2.75, 3.05) is 0 Å². The van der Waals surface area contributed by atoms with Crippen molar-refractivity contribution in [1.82, 2.24) is 0 Å². The lowest BCUT2D eigenvalue weighted by Gasteiger charge is -2.21. The van der Waals surface area contributed by atoms with Gasteiger partial charge in [-0.1, -0.05) is 68.7 Å². The molecular formula is C20H29F3. The van der Waals surface area contributed by atoms with Gasteiger partial charge in [0.2, 0.25) is 0 Å². The molecule has 0 aliphatic carbocycles. The Bertz CT molecular complexity index is 434. The Balaban J connectivity index is 2.39. The third kappa shape index (κ3) is 8.83. The Morgan fingerprint density at radius 2 is 1.74 bits per heavy atom. The van der Waals surface area contributed by atoms with E-state index in [1.807, 2.05) is 30.3 Å². The van der Waals surface area contributed by atoms with E-state index in [4.69, 9.17) is 0 Å². The van der Waals surface area contributed by atoms with Gasteiger partial charge in [-0.25, -0.2) is 0 Å². The Kier molecular flexibility index (Phi) is 9.05. The summed E-state index contributed by atoms with van der Waals surface area (Å²) >= 11 is 0. The van der Waals surface area contributed by atoms with Crippen LogP contribution < -0.4 is 0 Å². The van der Waals surface area contributed by atoms with Gasteiger partial charge in [0.1, 0.15) is 0 Å². The van der Waals surface area contributed by atoms with E-state index in [1.165, 1.54) is 0 Å². The molecule has 130 valence electrons. The highest BCUT2D eigenvalue weighted by atomic mass is 19.4. The van der Waals surface area contributed by atoms with E-state index in [0.717, 1.165) is 43.2 Å². The minimum Gasteiger partial charge on any atom is -0.171 e. The first-order valence-electron chi connectivity index (χ1n) is 8.70. The minimum atomic E-state index is -4.12. The lowest BCUT2D eigenvalue weighted by molar-refractivity contribution is -0.176. The molecule has 1 aromatic carbocycles. The first-order chi connectivity index (χ1) is 10.9. The van der Waals surface area contributed by atoms with E-state index in [0.29, 0.717) is 12.8 Å². The number of rotatable bonds is 11. The van der Waals surface area contributed by atoms with Crippen LogP contribution in [-0.4, -0.2) is 6.18 Å². The van der Waals surface area contributed by atoms with Crippen molar-refractivity contribution in [2.45, 2.75) is 70.9 Å². The zero-order chi connectivity index (χ0) is 17.1. The fraction of sp³-hybridized carbons (Fsp3) is 0.600. The fourth-order valence-electron chi connectivity index (χ4n) is 2.83. The van der Waals surface area contributed by atoms with Crippen LogP contribution in [0.4, 0.5) is 13.2 Å². The summed E-state index contributed by atoms with van der Waals surface area (Å²) in [5.41, 5.74) is 1.86. The molecule has 0 nitrogen and oxygen atoms in total. The van der Waals surface area contributed by atoms with Crippen molar-refractivity contribution in [3.05, 3.63) is 48.0 Å².